The Balaban J connectivity index is 1.36. The second kappa shape index (κ2) is 8.88. The molecule has 2 saturated heterocycles. The zero-order chi connectivity index (χ0) is 23.8. The lowest BCUT2D eigenvalue weighted by atomic mass is 10.0. The molecular weight excluding hydrogens is 446 g/mol. The van der Waals surface area contributed by atoms with Crippen LogP contribution >= 0.6 is 0 Å². The Hall–Kier alpha value is -3.76. The minimum absolute atomic E-state index is 0.303. The van der Waals surface area contributed by atoms with E-state index in [-0.39, 0.29) is 24.1 Å². The molecule has 2 aromatic heterocycles. The van der Waals surface area contributed by atoms with Crippen LogP contribution < -0.4 is 10.2 Å². The molecule has 1 N–H and O–H groups in total. The molecule has 1 aromatic carbocycles. The van der Waals surface area contributed by atoms with Crippen molar-refractivity contribution in [3.63, 3.8) is 0 Å². The van der Waals surface area contributed by atoms with Gasteiger partial charge in [0.25, 0.3) is 0 Å². The van der Waals surface area contributed by atoms with Gasteiger partial charge < -0.3 is 19.9 Å². The number of aromatic nitrogens is 3. The lowest BCUT2D eigenvalue weighted by molar-refractivity contribution is -0.145. The van der Waals surface area contributed by atoms with Crippen molar-refractivity contribution in [1.82, 2.24) is 19.5 Å². The van der Waals surface area contributed by atoms with Crippen LogP contribution in [-0.4, -0.2) is 57.2 Å². The summed E-state index contributed by atoms with van der Waals surface area (Å²) in [6, 6.07) is 4.59. The number of likely N-dealkylation sites (tertiary alicyclic amines) is 1. The van der Waals surface area contributed by atoms with Crippen LogP contribution in [0, 0.1) is 11.6 Å². The summed E-state index contributed by atoms with van der Waals surface area (Å²) >= 11 is 0. The van der Waals surface area contributed by atoms with E-state index in [0.29, 0.717) is 55.2 Å². The van der Waals surface area contributed by atoms with Crippen LogP contribution in [0.5, 0.6) is 0 Å². The van der Waals surface area contributed by atoms with Gasteiger partial charge in [-0.25, -0.2) is 23.1 Å². The van der Waals surface area contributed by atoms with Crippen LogP contribution in [0.25, 0.3) is 5.65 Å². The van der Waals surface area contributed by atoms with E-state index in [2.05, 4.69) is 15.4 Å². The lowest BCUT2D eigenvalue weighted by Crippen LogP contribution is -2.34. The summed E-state index contributed by atoms with van der Waals surface area (Å²) in [5.74, 6) is -0.713. The first-order chi connectivity index (χ1) is 16.4. The molecule has 2 atom stereocenters. The van der Waals surface area contributed by atoms with Crippen LogP contribution in [0.1, 0.15) is 37.8 Å². The SMILES string of the molecule is CC(=O)O[C@H]1CCN(C(=O)Nc2cnn3ccc(N4CCC[C@@H]4c4cc(F)ccc4F)nc23)C1. The Kier molecular flexibility index (Phi) is 5.76. The van der Waals surface area contributed by atoms with E-state index in [1.54, 1.807) is 21.7 Å². The zero-order valence-electron chi connectivity index (χ0n) is 18.6. The zero-order valence-corrected chi connectivity index (χ0v) is 18.6. The molecule has 5 rings (SSSR count). The van der Waals surface area contributed by atoms with Crippen molar-refractivity contribution in [2.24, 2.45) is 0 Å². The molecule has 0 aliphatic carbocycles. The van der Waals surface area contributed by atoms with Gasteiger partial charge in [-0.05, 0) is 37.1 Å². The van der Waals surface area contributed by atoms with Gasteiger partial charge in [0.15, 0.2) is 5.65 Å². The topological polar surface area (TPSA) is 92.1 Å². The molecule has 2 amide bonds. The highest BCUT2D eigenvalue weighted by Gasteiger charge is 2.31. The first-order valence-electron chi connectivity index (χ1n) is 11.2. The fourth-order valence-electron chi connectivity index (χ4n) is 4.68. The summed E-state index contributed by atoms with van der Waals surface area (Å²) in [6.45, 7) is 2.78. The molecule has 178 valence electrons. The second-order valence-electron chi connectivity index (χ2n) is 8.53. The molecule has 3 aromatic rings. The summed E-state index contributed by atoms with van der Waals surface area (Å²) < 4.78 is 35.0. The van der Waals surface area contributed by atoms with E-state index in [9.17, 15) is 18.4 Å². The minimum atomic E-state index is -0.481. The number of nitrogens with one attached hydrogen (secondary N) is 1. The van der Waals surface area contributed by atoms with Crippen molar-refractivity contribution >= 4 is 29.2 Å². The minimum Gasteiger partial charge on any atom is -0.461 e. The number of benzene rings is 1. The Morgan fingerprint density at radius 1 is 1.18 bits per heavy atom. The normalized spacial score (nSPS) is 20.2. The van der Waals surface area contributed by atoms with Crippen molar-refractivity contribution in [3.05, 3.63) is 53.9 Å². The van der Waals surface area contributed by atoms with Gasteiger partial charge in [0.2, 0.25) is 0 Å². The number of halogens is 2. The Labute approximate surface area is 194 Å². The predicted molar refractivity (Wildman–Crippen MR) is 119 cm³/mol. The number of urea groups is 1. The molecule has 2 fully saturated rings. The van der Waals surface area contributed by atoms with Crippen LogP contribution in [0.15, 0.2) is 36.7 Å². The first kappa shape index (κ1) is 22.1. The van der Waals surface area contributed by atoms with Gasteiger partial charge in [0.1, 0.15) is 29.2 Å². The van der Waals surface area contributed by atoms with Gasteiger partial charge >= 0.3 is 12.0 Å². The maximum atomic E-state index is 14.5. The van der Waals surface area contributed by atoms with Crippen molar-refractivity contribution < 1.29 is 23.1 Å². The Morgan fingerprint density at radius 3 is 2.85 bits per heavy atom. The molecular formula is C23H24F2N6O3. The maximum absolute atomic E-state index is 14.5. The number of carbonyl (C=O) groups excluding carboxylic acids is 2. The van der Waals surface area contributed by atoms with Crippen LogP contribution in [0.3, 0.4) is 0 Å². The van der Waals surface area contributed by atoms with Gasteiger partial charge in [0, 0.05) is 38.2 Å². The standard InChI is InChI=1S/C23H24F2N6O3/c1-14(32)34-16-6-9-29(13-16)23(33)27-19-12-26-31-10-7-21(28-22(19)31)30-8-2-3-20(30)17-11-15(24)4-5-18(17)25/h4-5,7,10-12,16,20H,2-3,6,8-9,13H2,1H3,(H,27,33)/t16-,20+/m0/s1. The number of hydrogen-bond donors (Lipinski definition) is 1. The highest BCUT2D eigenvalue weighted by Crippen LogP contribution is 2.37. The Morgan fingerprint density at radius 2 is 2.03 bits per heavy atom. The predicted octanol–water partition coefficient (Wildman–Crippen LogP) is 3.52. The van der Waals surface area contributed by atoms with Crippen molar-refractivity contribution in [2.75, 3.05) is 29.9 Å². The highest BCUT2D eigenvalue weighted by molar-refractivity contribution is 5.93. The maximum Gasteiger partial charge on any atom is 0.322 e. The fraction of sp³-hybridized carbons (Fsp3) is 0.391. The number of nitrogens with zero attached hydrogens (tertiary/aromatic N) is 5. The molecule has 2 aliphatic rings. The average Bonchev–Trinajstić information content (AvgIpc) is 3.55. The molecule has 0 spiro atoms. The number of hydrogen-bond acceptors (Lipinski definition) is 6. The van der Waals surface area contributed by atoms with E-state index < -0.39 is 11.6 Å². The summed E-state index contributed by atoms with van der Waals surface area (Å²) in [4.78, 5) is 32.1. The number of ether oxygens (including phenoxy) is 1. The molecule has 0 radical (unpaired) electrons. The van der Waals surface area contributed by atoms with Crippen LogP contribution in [0.2, 0.25) is 0 Å². The summed E-state index contributed by atoms with van der Waals surface area (Å²) in [7, 11) is 0. The number of rotatable bonds is 4. The van der Waals surface area contributed by atoms with Crippen LogP contribution in [0.4, 0.5) is 25.1 Å². The van der Waals surface area contributed by atoms with Gasteiger partial charge in [-0.15, -0.1) is 0 Å². The lowest BCUT2D eigenvalue weighted by Gasteiger charge is -2.26. The number of fused-ring (bicyclic) bond motifs is 1. The van der Waals surface area contributed by atoms with E-state index in [0.717, 1.165) is 18.6 Å². The van der Waals surface area contributed by atoms with E-state index in [1.807, 2.05) is 4.90 Å². The molecule has 0 unspecified atom stereocenters. The Bertz CT molecular complexity index is 1250. The third-order valence-electron chi connectivity index (χ3n) is 6.22. The van der Waals surface area contributed by atoms with Crippen molar-refractivity contribution in [1.29, 1.82) is 0 Å². The van der Waals surface area contributed by atoms with Crippen molar-refractivity contribution in [3.8, 4) is 0 Å². The molecule has 4 heterocycles. The van der Waals surface area contributed by atoms with E-state index >= 15 is 0 Å². The largest absolute Gasteiger partial charge is 0.461 e. The summed E-state index contributed by atoms with van der Waals surface area (Å²) in [6.07, 6.45) is 4.99. The quantitative estimate of drug-likeness (QED) is 0.587. The fourth-order valence-corrected chi connectivity index (χ4v) is 4.68. The van der Waals surface area contributed by atoms with E-state index in [1.165, 1.54) is 19.2 Å². The number of esters is 1. The second-order valence-corrected chi connectivity index (χ2v) is 8.53. The third-order valence-corrected chi connectivity index (χ3v) is 6.22. The van der Waals surface area contributed by atoms with Gasteiger partial charge in [-0.1, -0.05) is 0 Å². The van der Waals surface area contributed by atoms with Gasteiger partial charge in [-0.3, -0.25) is 4.79 Å². The molecule has 2 aliphatic heterocycles. The summed E-state index contributed by atoms with van der Waals surface area (Å²) in [5, 5.41) is 7.08. The third kappa shape index (κ3) is 4.25. The highest BCUT2D eigenvalue weighted by atomic mass is 19.1. The average molecular weight is 470 g/mol. The molecule has 0 saturated carbocycles. The monoisotopic (exact) mass is 470 g/mol. The number of amides is 2. The van der Waals surface area contributed by atoms with Crippen molar-refractivity contribution in [2.45, 2.75) is 38.3 Å². The van der Waals surface area contributed by atoms with Gasteiger partial charge in [0.05, 0.1) is 18.8 Å². The first-order valence-corrected chi connectivity index (χ1v) is 11.2. The smallest absolute Gasteiger partial charge is 0.322 e. The van der Waals surface area contributed by atoms with Gasteiger partial charge in [-0.2, -0.15) is 5.10 Å². The molecule has 34 heavy (non-hydrogen) atoms. The van der Waals surface area contributed by atoms with Crippen LogP contribution in [-0.2, 0) is 9.53 Å². The molecule has 0 bridgehead atoms. The molecule has 9 nitrogen and oxygen atoms in total. The van der Waals surface area contributed by atoms with E-state index in [4.69, 9.17) is 4.74 Å². The number of anilines is 2. The molecule has 11 heteroatoms. The summed E-state index contributed by atoms with van der Waals surface area (Å²) in [5.41, 5.74) is 1.17. The number of carbonyl (C=O) groups is 2.